The van der Waals surface area contributed by atoms with Crippen LogP contribution in [-0.2, 0) is 0 Å². The maximum atomic E-state index is 13.2. The number of allylic oxidation sites excluding steroid dienone is 1. The van der Waals surface area contributed by atoms with Crippen molar-refractivity contribution in [2.24, 2.45) is 0 Å². The topological polar surface area (TPSA) is 63.3 Å². The number of hydrogen-bond donors (Lipinski definition) is 1. The SMILES string of the molecule is C=C1C(NC(=O)c2cc(OCC)c(OCC)c(OCC)c2)=C(C)N(C)N1c1ccccc1. The number of nitrogens with zero attached hydrogens (tertiary/aromatic N) is 2. The van der Waals surface area contributed by atoms with Crippen molar-refractivity contribution in [1.29, 1.82) is 0 Å². The predicted octanol–water partition coefficient (Wildman–Crippen LogP) is 4.72. The largest absolute Gasteiger partial charge is 0.490 e. The second-order valence-corrected chi connectivity index (χ2v) is 7.13. The fourth-order valence-electron chi connectivity index (χ4n) is 3.57. The minimum Gasteiger partial charge on any atom is -0.490 e. The molecule has 0 aliphatic carbocycles. The van der Waals surface area contributed by atoms with Crippen LogP contribution in [0, 0.1) is 0 Å². The Kier molecular flexibility index (Phi) is 7.30. The van der Waals surface area contributed by atoms with Crippen LogP contribution in [0.1, 0.15) is 38.1 Å². The van der Waals surface area contributed by atoms with Gasteiger partial charge in [-0.15, -0.1) is 0 Å². The van der Waals surface area contributed by atoms with Gasteiger partial charge in [-0.2, -0.15) is 0 Å². The molecular formula is C25H31N3O4. The second-order valence-electron chi connectivity index (χ2n) is 7.13. The van der Waals surface area contributed by atoms with Gasteiger partial charge in [-0.3, -0.25) is 14.8 Å². The van der Waals surface area contributed by atoms with Gasteiger partial charge < -0.3 is 19.5 Å². The Hall–Kier alpha value is -3.61. The first-order chi connectivity index (χ1) is 15.4. The van der Waals surface area contributed by atoms with E-state index in [1.165, 1.54) is 0 Å². The molecule has 0 spiro atoms. The standard InChI is InChI=1S/C25H31N3O4/c1-7-30-21-15-19(16-22(31-8-2)24(21)32-9-3)25(29)26-23-17(4)27(6)28(18(23)5)20-13-11-10-12-14-20/h10-16H,5,7-9H2,1-4,6H3,(H,26,29). The van der Waals surface area contributed by atoms with Crippen LogP contribution in [0.15, 0.2) is 66.1 Å². The number of hydrazine groups is 1. The van der Waals surface area contributed by atoms with E-state index < -0.39 is 0 Å². The monoisotopic (exact) mass is 437 g/mol. The van der Waals surface area contributed by atoms with Crippen LogP contribution < -0.4 is 24.5 Å². The van der Waals surface area contributed by atoms with Gasteiger partial charge in [0.15, 0.2) is 11.5 Å². The smallest absolute Gasteiger partial charge is 0.256 e. The molecular weight excluding hydrogens is 406 g/mol. The highest BCUT2D eigenvalue weighted by molar-refractivity contribution is 5.97. The molecule has 2 aromatic rings. The van der Waals surface area contributed by atoms with Crippen molar-refractivity contribution in [2.75, 3.05) is 31.9 Å². The molecule has 0 bridgehead atoms. The lowest BCUT2D eigenvalue weighted by Crippen LogP contribution is -2.32. The number of anilines is 1. The minimum absolute atomic E-state index is 0.284. The van der Waals surface area contributed by atoms with Crippen molar-refractivity contribution in [3.63, 3.8) is 0 Å². The molecule has 0 fully saturated rings. The summed E-state index contributed by atoms with van der Waals surface area (Å²) in [6, 6.07) is 13.2. The summed E-state index contributed by atoms with van der Waals surface area (Å²) >= 11 is 0. The number of benzene rings is 2. The predicted molar refractivity (Wildman–Crippen MR) is 126 cm³/mol. The fraction of sp³-hybridized carbons (Fsp3) is 0.320. The van der Waals surface area contributed by atoms with Crippen molar-refractivity contribution < 1.29 is 19.0 Å². The molecule has 32 heavy (non-hydrogen) atoms. The number of nitrogens with one attached hydrogen (secondary N) is 1. The van der Waals surface area contributed by atoms with E-state index >= 15 is 0 Å². The molecule has 170 valence electrons. The van der Waals surface area contributed by atoms with Gasteiger partial charge >= 0.3 is 0 Å². The molecule has 1 aliphatic heterocycles. The summed E-state index contributed by atoms with van der Waals surface area (Å²) in [7, 11) is 1.93. The Bertz CT molecular complexity index is 990. The zero-order valence-electron chi connectivity index (χ0n) is 19.4. The Morgan fingerprint density at radius 3 is 2.06 bits per heavy atom. The van der Waals surface area contributed by atoms with Gasteiger partial charge in [0.2, 0.25) is 5.75 Å². The van der Waals surface area contributed by atoms with Crippen LogP contribution in [0.3, 0.4) is 0 Å². The number of ether oxygens (including phenoxy) is 3. The number of carbonyl (C=O) groups excluding carboxylic acids is 1. The van der Waals surface area contributed by atoms with E-state index in [0.29, 0.717) is 54.0 Å². The average Bonchev–Trinajstić information content (AvgIpc) is 2.99. The van der Waals surface area contributed by atoms with Gasteiger partial charge in [0.05, 0.1) is 42.6 Å². The summed E-state index contributed by atoms with van der Waals surface area (Å²) in [6.45, 7) is 13.2. The molecule has 1 heterocycles. The first-order valence-corrected chi connectivity index (χ1v) is 10.8. The summed E-state index contributed by atoms with van der Waals surface area (Å²) in [4.78, 5) is 13.2. The van der Waals surface area contributed by atoms with Crippen LogP contribution in [-0.4, -0.2) is 37.8 Å². The molecule has 0 atom stereocenters. The molecule has 1 amide bonds. The van der Waals surface area contributed by atoms with Gasteiger partial charge in [-0.25, -0.2) is 0 Å². The molecule has 7 nitrogen and oxygen atoms in total. The highest BCUT2D eigenvalue weighted by Gasteiger charge is 2.30. The molecule has 1 N–H and O–H groups in total. The number of rotatable bonds is 9. The first kappa shape index (κ1) is 23.1. The summed E-state index contributed by atoms with van der Waals surface area (Å²) in [6.07, 6.45) is 0. The lowest BCUT2D eigenvalue weighted by Gasteiger charge is -2.29. The number of hydrogen-bond acceptors (Lipinski definition) is 6. The fourth-order valence-corrected chi connectivity index (χ4v) is 3.57. The van der Waals surface area contributed by atoms with E-state index in [-0.39, 0.29) is 5.91 Å². The van der Waals surface area contributed by atoms with Gasteiger partial charge in [-0.1, -0.05) is 24.8 Å². The summed E-state index contributed by atoms with van der Waals surface area (Å²) in [5, 5.41) is 6.94. The zero-order valence-corrected chi connectivity index (χ0v) is 19.4. The molecule has 0 saturated carbocycles. The highest BCUT2D eigenvalue weighted by Crippen LogP contribution is 2.39. The van der Waals surface area contributed by atoms with Crippen LogP contribution in [0.5, 0.6) is 17.2 Å². The summed E-state index contributed by atoms with van der Waals surface area (Å²) < 4.78 is 17.2. The van der Waals surface area contributed by atoms with Crippen LogP contribution >= 0.6 is 0 Å². The molecule has 0 saturated heterocycles. The van der Waals surface area contributed by atoms with Crippen molar-refractivity contribution in [1.82, 2.24) is 10.3 Å². The third-order valence-corrected chi connectivity index (χ3v) is 5.10. The number of para-hydroxylation sites is 1. The second kappa shape index (κ2) is 10.1. The quantitative estimate of drug-likeness (QED) is 0.612. The summed E-state index contributed by atoms with van der Waals surface area (Å²) in [5.41, 5.74) is 3.60. The van der Waals surface area contributed by atoms with Crippen LogP contribution in [0.4, 0.5) is 5.69 Å². The molecule has 7 heteroatoms. The van der Waals surface area contributed by atoms with Crippen molar-refractivity contribution in [3.8, 4) is 17.2 Å². The van der Waals surface area contributed by atoms with E-state index in [9.17, 15) is 4.79 Å². The van der Waals surface area contributed by atoms with Crippen molar-refractivity contribution in [3.05, 3.63) is 71.7 Å². The summed E-state index contributed by atoms with van der Waals surface area (Å²) in [5.74, 6) is 1.17. The lowest BCUT2D eigenvalue weighted by molar-refractivity contribution is 0.0965. The van der Waals surface area contributed by atoms with Crippen LogP contribution in [0.25, 0.3) is 0 Å². The van der Waals surface area contributed by atoms with Crippen molar-refractivity contribution in [2.45, 2.75) is 27.7 Å². The first-order valence-electron chi connectivity index (χ1n) is 10.8. The maximum Gasteiger partial charge on any atom is 0.256 e. The molecule has 1 aliphatic rings. The number of carbonyl (C=O) groups is 1. The molecule has 0 unspecified atom stereocenters. The van der Waals surface area contributed by atoms with Crippen molar-refractivity contribution >= 4 is 11.6 Å². The minimum atomic E-state index is -0.284. The normalized spacial score (nSPS) is 13.5. The molecule has 2 aromatic carbocycles. The van der Waals surface area contributed by atoms with Gasteiger partial charge in [0, 0.05) is 12.6 Å². The number of amides is 1. The Morgan fingerprint density at radius 2 is 1.53 bits per heavy atom. The Balaban J connectivity index is 1.91. The highest BCUT2D eigenvalue weighted by atomic mass is 16.5. The Labute approximate surface area is 189 Å². The Morgan fingerprint density at radius 1 is 0.969 bits per heavy atom. The zero-order chi connectivity index (χ0) is 23.3. The van der Waals surface area contributed by atoms with E-state index in [1.807, 2.05) is 75.1 Å². The van der Waals surface area contributed by atoms with Crippen LogP contribution in [0.2, 0.25) is 0 Å². The van der Waals surface area contributed by atoms with E-state index in [4.69, 9.17) is 14.2 Å². The maximum absolute atomic E-state index is 13.2. The molecule has 3 rings (SSSR count). The van der Waals surface area contributed by atoms with Gasteiger partial charge in [0.1, 0.15) is 0 Å². The lowest BCUT2D eigenvalue weighted by atomic mass is 10.1. The van der Waals surface area contributed by atoms with Gasteiger partial charge in [0.25, 0.3) is 5.91 Å². The van der Waals surface area contributed by atoms with E-state index in [0.717, 1.165) is 11.4 Å². The average molecular weight is 438 g/mol. The van der Waals surface area contributed by atoms with Gasteiger partial charge in [-0.05, 0) is 52.0 Å². The molecule has 0 radical (unpaired) electrons. The van der Waals surface area contributed by atoms with E-state index in [1.54, 1.807) is 12.1 Å². The third kappa shape index (κ3) is 4.51. The molecule has 0 aromatic heterocycles. The van der Waals surface area contributed by atoms with E-state index in [2.05, 4.69) is 11.9 Å². The third-order valence-electron chi connectivity index (χ3n) is 5.10.